The molecule has 4 nitrogen and oxygen atoms in total. The number of hydrogen-bond donors (Lipinski definition) is 1. The zero-order valence-electron chi connectivity index (χ0n) is 11.6. The number of carbonyl (C=O) groups excluding carboxylic acids is 1. The zero-order chi connectivity index (χ0) is 14.5. The van der Waals surface area contributed by atoms with Crippen molar-refractivity contribution in [3.8, 4) is 5.75 Å². The van der Waals surface area contributed by atoms with Crippen molar-refractivity contribution in [2.45, 2.75) is 30.7 Å². The summed E-state index contributed by atoms with van der Waals surface area (Å²) < 4.78 is 23.8. The molecule has 0 aromatic heterocycles. The van der Waals surface area contributed by atoms with Crippen LogP contribution in [0, 0.1) is 11.2 Å². The Hall–Kier alpha value is -1.62. The molecule has 3 aliphatic rings. The van der Waals surface area contributed by atoms with Crippen LogP contribution in [-0.4, -0.2) is 26.2 Å². The minimum absolute atomic E-state index is 0.151. The number of hydrogen-bond acceptors (Lipinski definition) is 4. The lowest BCUT2D eigenvalue weighted by molar-refractivity contribution is -0.181. The van der Waals surface area contributed by atoms with Crippen molar-refractivity contribution in [3.05, 3.63) is 29.6 Å². The van der Waals surface area contributed by atoms with Gasteiger partial charge in [0.15, 0.2) is 0 Å². The van der Waals surface area contributed by atoms with E-state index in [4.69, 9.17) is 15.2 Å². The van der Waals surface area contributed by atoms with Gasteiger partial charge in [0.2, 0.25) is 0 Å². The van der Waals surface area contributed by atoms with Crippen LogP contribution in [0.3, 0.4) is 0 Å². The molecule has 4 rings (SSSR count). The average molecular weight is 279 g/mol. The number of benzene rings is 1. The number of nitrogens with two attached hydrogens (primary N) is 1. The van der Waals surface area contributed by atoms with Crippen LogP contribution in [0.4, 0.5) is 4.39 Å². The summed E-state index contributed by atoms with van der Waals surface area (Å²) in [6, 6.07) is 4.35. The first-order chi connectivity index (χ1) is 9.46. The Morgan fingerprint density at radius 2 is 2.00 bits per heavy atom. The molecule has 108 valence electrons. The second-order valence-corrected chi connectivity index (χ2v) is 6.02. The van der Waals surface area contributed by atoms with E-state index in [9.17, 15) is 9.18 Å². The van der Waals surface area contributed by atoms with E-state index in [1.807, 2.05) is 0 Å². The summed E-state index contributed by atoms with van der Waals surface area (Å²) in [6.07, 6.45) is 2.25. The minimum atomic E-state index is -0.601. The normalized spacial score (nSPS) is 31.8. The summed E-state index contributed by atoms with van der Waals surface area (Å²) in [7, 11) is 2.85. The Labute approximate surface area is 117 Å². The van der Waals surface area contributed by atoms with Gasteiger partial charge in [0.1, 0.15) is 17.6 Å². The smallest absolute Gasteiger partial charge is 0.323 e. The van der Waals surface area contributed by atoms with E-state index in [1.165, 1.54) is 20.3 Å². The molecule has 3 saturated carbocycles. The molecule has 0 radical (unpaired) electrons. The van der Waals surface area contributed by atoms with Crippen molar-refractivity contribution >= 4 is 5.97 Å². The van der Waals surface area contributed by atoms with Gasteiger partial charge < -0.3 is 15.2 Å². The van der Waals surface area contributed by atoms with Gasteiger partial charge in [0.05, 0.1) is 14.2 Å². The summed E-state index contributed by atoms with van der Waals surface area (Å²) in [5.41, 5.74) is 6.30. The first-order valence-corrected chi connectivity index (χ1v) is 6.64. The van der Waals surface area contributed by atoms with Gasteiger partial charge >= 0.3 is 5.97 Å². The van der Waals surface area contributed by atoms with E-state index in [2.05, 4.69) is 0 Å². The first-order valence-electron chi connectivity index (χ1n) is 6.64. The molecule has 1 unspecified atom stereocenters. The van der Waals surface area contributed by atoms with Gasteiger partial charge in [-0.1, -0.05) is 6.07 Å². The lowest BCUT2D eigenvalue weighted by atomic mass is 9.31. The molecule has 0 saturated heterocycles. The van der Waals surface area contributed by atoms with Crippen LogP contribution < -0.4 is 10.5 Å². The van der Waals surface area contributed by atoms with Gasteiger partial charge in [-0.3, -0.25) is 4.79 Å². The summed E-state index contributed by atoms with van der Waals surface area (Å²) >= 11 is 0. The van der Waals surface area contributed by atoms with E-state index in [-0.39, 0.29) is 22.6 Å². The predicted molar refractivity (Wildman–Crippen MR) is 70.9 cm³/mol. The molecule has 1 aromatic rings. The molecule has 0 heterocycles. The Bertz CT molecular complexity index is 552. The molecule has 5 heteroatoms. The van der Waals surface area contributed by atoms with Gasteiger partial charge in [0, 0.05) is 11.5 Å². The molecule has 0 spiro atoms. The quantitative estimate of drug-likeness (QED) is 0.853. The lowest BCUT2D eigenvalue weighted by Crippen LogP contribution is -2.72. The summed E-state index contributed by atoms with van der Waals surface area (Å²) in [4.78, 5) is 11.5. The number of halogens is 1. The third kappa shape index (κ3) is 1.59. The van der Waals surface area contributed by atoms with Crippen molar-refractivity contribution in [3.63, 3.8) is 0 Å². The van der Waals surface area contributed by atoms with Crippen molar-refractivity contribution < 1.29 is 18.7 Å². The Morgan fingerprint density at radius 3 is 2.50 bits per heavy atom. The third-order valence-corrected chi connectivity index (χ3v) is 4.93. The fourth-order valence-electron chi connectivity index (χ4n) is 3.91. The SMILES string of the molecule is COC(=O)C(N)C12CC(c3ccc(OC)cc3F)(C1)C2. The standard InChI is InChI=1S/C15H18FNO3/c1-19-9-3-4-10(11(16)5-9)14-6-15(7-14,8-14)12(17)13(18)20-2/h3-5,12H,6-8,17H2,1-2H3. The maximum Gasteiger partial charge on any atom is 0.323 e. The monoisotopic (exact) mass is 279 g/mol. The Kier molecular flexibility index (Phi) is 2.80. The van der Waals surface area contributed by atoms with E-state index >= 15 is 0 Å². The fourth-order valence-corrected chi connectivity index (χ4v) is 3.91. The number of carbonyl (C=O) groups is 1. The zero-order valence-corrected chi connectivity index (χ0v) is 11.6. The van der Waals surface area contributed by atoms with Gasteiger partial charge in [-0.05, 0) is 36.3 Å². The average Bonchev–Trinajstić information content (AvgIpc) is 2.36. The highest BCUT2D eigenvalue weighted by Gasteiger charge is 2.72. The van der Waals surface area contributed by atoms with E-state index in [0.29, 0.717) is 11.3 Å². The topological polar surface area (TPSA) is 61.5 Å². The van der Waals surface area contributed by atoms with E-state index in [0.717, 1.165) is 19.3 Å². The lowest BCUT2D eigenvalue weighted by Gasteiger charge is -2.72. The first kappa shape index (κ1) is 13.4. The van der Waals surface area contributed by atoms with Crippen LogP contribution in [0.2, 0.25) is 0 Å². The van der Waals surface area contributed by atoms with Crippen LogP contribution in [0.25, 0.3) is 0 Å². The van der Waals surface area contributed by atoms with Crippen LogP contribution >= 0.6 is 0 Å². The molecule has 20 heavy (non-hydrogen) atoms. The van der Waals surface area contributed by atoms with Gasteiger partial charge in [-0.2, -0.15) is 0 Å². The molecule has 1 aromatic carbocycles. The maximum absolute atomic E-state index is 14.1. The fraction of sp³-hybridized carbons (Fsp3) is 0.533. The summed E-state index contributed by atoms with van der Waals surface area (Å²) in [5, 5.41) is 0. The summed E-state index contributed by atoms with van der Waals surface area (Å²) in [6.45, 7) is 0. The van der Waals surface area contributed by atoms with Gasteiger partial charge in [-0.15, -0.1) is 0 Å². The van der Waals surface area contributed by atoms with Crippen molar-refractivity contribution in [1.29, 1.82) is 0 Å². The molecular weight excluding hydrogens is 261 g/mol. The van der Waals surface area contributed by atoms with Crippen LogP contribution in [0.15, 0.2) is 18.2 Å². The van der Waals surface area contributed by atoms with Crippen molar-refractivity contribution in [1.82, 2.24) is 0 Å². The largest absolute Gasteiger partial charge is 0.497 e. The van der Waals surface area contributed by atoms with E-state index < -0.39 is 6.04 Å². The molecule has 2 bridgehead atoms. The van der Waals surface area contributed by atoms with Crippen LogP contribution in [0.5, 0.6) is 5.75 Å². The maximum atomic E-state index is 14.1. The Morgan fingerprint density at radius 1 is 1.35 bits per heavy atom. The van der Waals surface area contributed by atoms with Crippen molar-refractivity contribution in [2.75, 3.05) is 14.2 Å². The molecule has 0 aliphatic heterocycles. The molecular formula is C15H18FNO3. The molecule has 3 fully saturated rings. The highest BCUT2D eigenvalue weighted by Crippen LogP contribution is 2.75. The summed E-state index contributed by atoms with van der Waals surface area (Å²) in [5.74, 6) is -0.114. The predicted octanol–water partition coefficient (Wildman–Crippen LogP) is 1.76. The van der Waals surface area contributed by atoms with Crippen LogP contribution in [-0.2, 0) is 14.9 Å². The number of esters is 1. The highest BCUT2D eigenvalue weighted by atomic mass is 19.1. The molecule has 2 N–H and O–H groups in total. The molecule has 1 atom stereocenters. The van der Waals surface area contributed by atoms with Crippen LogP contribution in [0.1, 0.15) is 24.8 Å². The third-order valence-electron chi connectivity index (χ3n) is 4.93. The van der Waals surface area contributed by atoms with Crippen molar-refractivity contribution in [2.24, 2.45) is 11.1 Å². The number of rotatable bonds is 4. The Balaban J connectivity index is 1.77. The number of ether oxygens (including phenoxy) is 2. The highest BCUT2D eigenvalue weighted by molar-refractivity contribution is 5.78. The second kappa shape index (κ2) is 4.19. The van der Waals surface area contributed by atoms with Gasteiger partial charge in [0.25, 0.3) is 0 Å². The second-order valence-electron chi connectivity index (χ2n) is 6.02. The van der Waals surface area contributed by atoms with E-state index in [1.54, 1.807) is 12.1 Å². The minimum Gasteiger partial charge on any atom is -0.497 e. The van der Waals surface area contributed by atoms with Gasteiger partial charge in [-0.25, -0.2) is 4.39 Å². The molecule has 3 aliphatic carbocycles. The molecule has 0 amide bonds. The number of methoxy groups -OCH3 is 2.